The number of methoxy groups -OCH3 is 1. The molecule has 1 nitrogen and oxygen atoms in total. The number of hydrogen-bond donors (Lipinski definition) is 0. The molecule has 0 bridgehead atoms. The summed E-state index contributed by atoms with van der Waals surface area (Å²) < 4.78 is 5.41. The van der Waals surface area contributed by atoms with E-state index < -0.39 is 0 Å². The van der Waals surface area contributed by atoms with E-state index in [2.05, 4.69) is 22.5 Å². The topological polar surface area (TPSA) is 9.23 Å². The number of ether oxygens (including phenoxy) is 1. The summed E-state index contributed by atoms with van der Waals surface area (Å²) >= 11 is 3.73. The fourth-order valence-electron chi connectivity index (χ4n) is 1.42. The molecular weight excluding hydrogens is 204 g/mol. The molecule has 0 N–H and O–H groups in total. The van der Waals surface area contributed by atoms with Crippen molar-refractivity contribution in [2.75, 3.05) is 13.7 Å². The van der Waals surface area contributed by atoms with E-state index in [1.807, 2.05) is 6.08 Å². The summed E-state index contributed by atoms with van der Waals surface area (Å²) in [7, 11) is 1.75. The Kier molecular flexibility index (Phi) is 3.14. The molecule has 2 unspecified atom stereocenters. The number of hydrogen-bond acceptors (Lipinski definition) is 1. The minimum Gasteiger partial charge on any atom is -0.385 e. The Labute approximate surface area is 76.9 Å². The predicted octanol–water partition coefficient (Wildman–Crippen LogP) is 2.75. The van der Waals surface area contributed by atoms with Crippen molar-refractivity contribution in [2.45, 2.75) is 23.6 Å². The lowest BCUT2D eigenvalue weighted by atomic mass is 10.2. The third-order valence-electron chi connectivity index (χ3n) is 2.33. The number of rotatable bonds is 5. The van der Waals surface area contributed by atoms with Gasteiger partial charge in [0.2, 0.25) is 0 Å². The van der Waals surface area contributed by atoms with Crippen molar-refractivity contribution in [2.24, 2.45) is 5.92 Å². The zero-order valence-corrected chi connectivity index (χ0v) is 8.56. The highest BCUT2D eigenvalue weighted by Gasteiger charge is 2.50. The number of allylic oxidation sites excluding steroid dienone is 1. The maximum absolute atomic E-state index is 5.03. The summed E-state index contributed by atoms with van der Waals surface area (Å²) in [5.74, 6) is 0.801. The van der Waals surface area contributed by atoms with Gasteiger partial charge in [0.1, 0.15) is 0 Å². The quantitative estimate of drug-likeness (QED) is 0.510. The lowest BCUT2D eigenvalue weighted by molar-refractivity contribution is 0.192. The molecule has 0 radical (unpaired) electrons. The van der Waals surface area contributed by atoms with E-state index in [0.29, 0.717) is 4.32 Å². The first-order valence-electron chi connectivity index (χ1n) is 4.01. The van der Waals surface area contributed by atoms with Crippen LogP contribution in [-0.4, -0.2) is 18.0 Å². The molecule has 0 heterocycles. The molecule has 0 aromatic heterocycles. The standard InChI is InChI=1S/C9H15BrO/c1-3-4-8-7-9(8,10)5-6-11-2/h3,8H,1,4-7H2,2H3. The number of alkyl halides is 1. The highest BCUT2D eigenvalue weighted by atomic mass is 79.9. The average molecular weight is 219 g/mol. The summed E-state index contributed by atoms with van der Waals surface area (Å²) in [6.45, 7) is 4.59. The van der Waals surface area contributed by atoms with Crippen molar-refractivity contribution in [1.29, 1.82) is 0 Å². The summed E-state index contributed by atoms with van der Waals surface area (Å²) in [6.07, 6.45) is 5.54. The molecule has 1 rings (SSSR count). The van der Waals surface area contributed by atoms with Crippen LogP contribution in [-0.2, 0) is 4.74 Å². The lowest BCUT2D eigenvalue weighted by Gasteiger charge is -2.06. The van der Waals surface area contributed by atoms with Crippen LogP contribution in [0.15, 0.2) is 12.7 Å². The summed E-state index contributed by atoms with van der Waals surface area (Å²) in [5, 5.41) is 0. The molecule has 2 atom stereocenters. The first-order chi connectivity index (χ1) is 5.23. The third kappa shape index (κ3) is 2.31. The van der Waals surface area contributed by atoms with Gasteiger partial charge >= 0.3 is 0 Å². The molecule has 0 saturated heterocycles. The molecule has 64 valence electrons. The average Bonchev–Trinajstić information content (AvgIpc) is 2.60. The molecule has 2 heteroatoms. The minimum absolute atomic E-state index is 0.386. The van der Waals surface area contributed by atoms with Gasteiger partial charge in [-0.25, -0.2) is 0 Å². The summed E-state index contributed by atoms with van der Waals surface area (Å²) in [5.41, 5.74) is 0. The van der Waals surface area contributed by atoms with Gasteiger partial charge < -0.3 is 4.74 Å². The first kappa shape index (κ1) is 9.27. The molecule has 0 spiro atoms. The lowest BCUT2D eigenvalue weighted by Crippen LogP contribution is -2.05. The molecule has 0 amide bonds. The smallest absolute Gasteiger partial charge is 0.0475 e. The van der Waals surface area contributed by atoms with Crippen LogP contribution in [0.2, 0.25) is 0 Å². The monoisotopic (exact) mass is 218 g/mol. The van der Waals surface area contributed by atoms with Gasteiger partial charge in [0, 0.05) is 18.0 Å². The van der Waals surface area contributed by atoms with Crippen LogP contribution < -0.4 is 0 Å². The molecule has 1 fully saturated rings. The maximum atomic E-state index is 5.03. The predicted molar refractivity (Wildman–Crippen MR) is 51.1 cm³/mol. The minimum atomic E-state index is 0.386. The Hall–Kier alpha value is 0.180. The van der Waals surface area contributed by atoms with Crippen LogP contribution in [0.5, 0.6) is 0 Å². The van der Waals surface area contributed by atoms with E-state index in [1.165, 1.54) is 6.42 Å². The van der Waals surface area contributed by atoms with Gasteiger partial charge in [-0.3, -0.25) is 0 Å². The molecule has 0 aliphatic heterocycles. The fraction of sp³-hybridized carbons (Fsp3) is 0.778. The Bertz CT molecular complexity index is 146. The second-order valence-corrected chi connectivity index (χ2v) is 4.78. The molecule has 1 aliphatic carbocycles. The molecule has 1 saturated carbocycles. The van der Waals surface area contributed by atoms with Gasteiger partial charge in [0.15, 0.2) is 0 Å². The van der Waals surface area contributed by atoms with Gasteiger partial charge in [-0.1, -0.05) is 22.0 Å². The van der Waals surface area contributed by atoms with Gasteiger partial charge in [-0.05, 0) is 25.2 Å². The van der Waals surface area contributed by atoms with Crippen molar-refractivity contribution in [3.05, 3.63) is 12.7 Å². The highest BCUT2D eigenvalue weighted by Crippen LogP contribution is 2.55. The van der Waals surface area contributed by atoms with E-state index in [4.69, 9.17) is 4.74 Å². The van der Waals surface area contributed by atoms with E-state index in [1.54, 1.807) is 7.11 Å². The van der Waals surface area contributed by atoms with Crippen LogP contribution in [0.3, 0.4) is 0 Å². The largest absolute Gasteiger partial charge is 0.385 e. The van der Waals surface area contributed by atoms with E-state index in [-0.39, 0.29) is 0 Å². The van der Waals surface area contributed by atoms with Gasteiger partial charge in [-0.15, -0.1) is 6.58 Å². The molecule has 11 heavy (non-hydrogen) atoms. The van der Waals surface area contributed by atoms with Gasteiger partial charge in [0.05, 0.1) is 0 Å². The zero-order valence-electron chi connectivity index (χ0n) is 6.98. The number of halogens is 1. The van der Waals surface area contributed by atoms with Crippen LogP contribution in [0, 0.1) is 5.92 Å². The van der Waals surface area contributed by atoms with Crippen LogP contribution in [0.1, 0.15) is 19.3 Å². The van der Waals surface area contributed by atoms with Gasteiger partial charge in [-0.2, -0.15) is 0 Å². The van der Waals surface area contributed by atoms with Crippen molar-refractivity contribution >= 4 is 15.9 Å². The molecule has 0 aromatic rings. The summed E-state index contributed by atoms with van der Waals surface area (Å²) in [6, 6.07) is 0. The van der Waals surface area contributed by atoms with Gasteiger partial charge in [0.25, 0.3) is 0 Å². The van der Waals surface area contributed by atoms with Crippen LogP contribution >= 0.6 is 15.9 Å². The fourth-order valence-corrected chi connectivity index (χ4v) is 2.16. The first-order valence-corrected chi connectivity index (χ1v) is 4.81. The van der Waals surface area contributed by atoms with E-state index >= 15 is 0 Å². The summed E-state index contributed by atoms with van der Waals surface area (Å²) in [4.78, 5) is 0. The zero-order chi connectivity index (χ0) is 8.32. The Morgan fingerprint density at radius 2 is 2.55 bits per heavy atom. The maximum Gasteiger partial charge on any atom is 0.0475 e. The molecular formula is C9H15BrO. The third-order valence-corrected chi connectivity index (χ3v) is 3.70. The van der Waals surface area contributed by atoms with Crippen molar-refractivity contribution in [3.8, 4) is 0 Å². The van der Waals surface area contributed by atoms with Crippen LogP contribution in [0.25, 0.3) is 0 Å². The highest BCUT2D eigenvalue weighted by molar-refractivity contribution is 9.10. The van der Waals surface area contributed by atoms with Crippen molar-refractivity contribution in [3.63, 3.8) is 0 Å². The van der Waals surface area contributed by atoms with E-state index in [9.17, 15) is 0 Å². The van der Waals surface area contributed by atoms with Crippen molar-refractivity contribution < 1.29 is 4.74 Å². The Balaban J connectivity index is 2.19. The molecule has 0 aromatic carbocycles. The normalized spacial score (nSPS) is 35.3. The van der Waals surface area contributed by atoms with Crippen molar-refractivity contribution in [1.82, 2.24) is 0 Å². The van der Waals surface area contributed by atoms with E-state index in [0.717, 1.165) is 25.4 Å². The molecule has 1 aliphatic rings. The Morgan fingerprint density at radius 3 is 3.09 bits per heavy atom. The second-order valence-electron chi connectivity index (χ2n) is 3.20. The SMILES string of the molecule is C=CCC1CC1(Br)CCOC. The Morgan fingerprint density at radius 1 is 1.82 bits per heavy atom. The second kappa shape index (κ2) is 3.72. The van der Waals surface area contributed by atoms with Crippen LogP contribution in [0.4, 0.5) is 0 Å².